The van der Waals surface area contributed by atoms with E-state index in [9.17, 15) is 9.59 Å². The third-order valence-electron chi connectivity index (χ3n) is 5.11. The van der Waals surface area contributed by atoms with E-state index < -0.39 is 11.9 Å². The monoisotopic (exact) mass is 481 g/mol. The summed E-state index contributed by atoms with van der Waals surface area (Å²) in [5.74, 6) is -0.704. The minimum atomic E-state index is -0.402. The lowest BCUT2D eigenvalue weighted by Crippen LogP contribution is -2.38. The second-order valence-electron chi connectivity index (χ2n) is 8.63. The molecule has 1 aliphatic carbocycles. The fourth-order valence-corrected chi connectivity index (χ4v) is 5.51. The van der Waals surface area contributed by atoms with Gasteiger partial charge in [-0.25, -0.2) is 4.79 Å². The van der Waals surface area contributed by atoms with Crippen molar-refractivity contribution in [2.75, 3.05) is 13.2 Å². The summed E-state index contributed by atoms with van der Waals surface area (Å²) >= 11 is 5.05. The van der Waals surface area contributed by atoms with Crippen LogP contribution in [0.25, 0.3) is 0 Å². The molecule has 0 amide bonds. The number of nitrogens with one attached hydrogen (secondary N) is 1. The zero-order valence-electron chi connectivity index (χ0n) is 17.6. The van der Waals surface area contributed by atoms with Crippen LogP contribution in [0, 0.1) is 5.41 Å². The fourth-order valence-electron chi connectivity index (χ4n) is 3.97. The summed E-state index contributed by atoms with van der Waals surface area (Å²) in [5.41, 5.74) is 2.79. The van der Waals surface area contributed by atoms with E-state index in [1.807, 2.05) is 32.9 Å². The highest BCUT2D eigenvalue weighted by Gasteiger charge is 2.43. The number of Topliss-reactive ketones (excluding diaryl/α,β-unsaturated/α-hetero) is 1. The van der Waals surface area contributed by atoms with E-state index >= 15 is 0 Å². The molecule has 0 bridgehead atoms. The van der Waals surface area contributed by atoms with Crippen molar-refractivity contribution in [2.24, 2.45) is 5.41 Å². The van der Waals surface area contributed by atoms with Crippen LogP contribution < -0.4 is 5.32 Å². The molecule has 0 unspecified atom stereocenters. The van der Waals surface area contributed by atoms with Crippen molar-refractivity contribution < 1.29 is 19.1 Å². The largest absolute Gasteiger partial charge is 0.460 e. The molecule has 0 spiro atoms. The van der Waals surface area contributed by atoms with Gasteiger partial charge in [-0.3, -0.25) is 4.79 Å². The SMILES string of the molecule is CC1=C(C(=O)OCCOC(C)C)[C@@H](c2ccc(Br)s2)C2=C(CC(C)(C)CC2=O)N1. The lowest BCUT2D eigenvalue weighted by Gasteiger charge is -2.39. The van der Waals surface area contributed by atoms with E-state index in [1.165, 1.54) is 0 Å². The molecule has 2 heterocycles. The summed E-state index contributed by atoms with van der Waals surface area (Å²) in [6.45, 7) is 10.5. The summed E-state index contributed by atoms with van der Waals surface area (Å²) in [6, 6.07) is 3.93. The van der Waals surface area contributed by atoms with E-state index in [0.29, 0.717) is 24.2 Å². The summed E-state index contributed by atoms with van der Waals surface area (Å²) in [5, 5.41) is 3.35. The van der Waals surface area contributed by atoms with Crippen LogP contribution in [0.3, 0.4) is 0 Å². The van der Waals surface area contributed by atoms with Gasteiger partial charge in [0.05, 0.1) is 28.0 Å². The van der Waals surface area contributed by atoms with Crippen LogP contribution in [0.1, 0.15) is 58.3 Å². The van der Waals surface area contributed by atoms with Gasteiger partial charge >= 0.3 is 5.97 Å². The third kappa shape index (κ3) is 5.01. The molecule has 1 aliphatic heterocycles. The predicted molar refractivity (Wildman–Crippen MR) is 118 cm³/mol. The van der Waals surface area contributed by atoms with Crippen LogP contribution in [0.4, 0.5) is 0 Å². The van der Waals surface area contributed by atoms with Crippen LogP contribution in [0.15, 0.2) is 38.5 Å². The molecule has 0 radical (unpaired) electrons. The van der Waals surface area contributed by atoms with Gasteiger partial charge in [-0.15, -0.1) is 11.3 Å². The smallest absolute Gasteiger partial charge is 0.336 e. The first-order chi connectivity index (χ1) is 13.6. The molecular weight excluding hydrogens is 454 g/mol. The highest BCUT2D eigenvalue weighted by molar-refractivity contribution is 9.11. The minimum Gasteiger partial charge on any atom is -0.460 e. The Morgan fingerprint density at radius 2 is 2.03 bits per heavy atom. The molecule has 0 aromatic carbocycles. The Kier molecular flexibility index (Phi) is 6.70. The molecule has 1 aromatic rings. The Morgan fingerprint density at radius 3 is 2.66 bits per heavy atom. The van der Waals surface area contributed by atoms with Gasteiger partial charge in [0.25, 0.3) is 0 Å². The highest BCUT2D eigenvalue weighted by atomic mass is 79.9. The van der Waals surface area contributed by atoms with Gasteiger partial charge in [0, 0.05) is 28.3 Å². The maximum atomic E-state index is 13.1. The van der Waals surface area contributed by atoms with Crippen molar-refractivity contribution in [2.45, 2.75) is 59.5 Å². The quantitative estimate of drug-likeness (QED) is 0.453. The zero-order chi connectivity index (χ0) is 21.3. The Balaban J connectivity index is 1.95. The highest BCUT2D eigenvalue weighted by Crippen LogP contribution is 2.48. The minimum absolute atomic E-state index is 0.0816. The van der Waals surface area contributed by atoms with Gasteiger partial charge in [-0.2, -0.15) is 0 Å². The van der Waals surface area contributed by atoms with Crippen molar-refractivity contribution in [1.29, 1.82) is 0 Å². The number of allylic oxidation sites excluding steroid dienone is 3. The average Bonchev–Trinajstić information content (AvgIpc) is 3.02. The lowest BCUT2D eigenvalue weighted by molar-refractivity contribution is -0.141. The number of carbonyl (C=O) groups excluding carboxylic acids is 2. The molecule has 0 fully saturated rings. The number of esters is 1. The number of ether oxygens (including phenoxy) is 2. The summed E-state index contributed by atoms with van der Waals surface area (Å²) in [6.07, 6.45) is 1.33. The number of hydrogen-bond acceptors (Lipinski definition) is 6. The first kappa shape index (κ1) is 22.2. The Morgan fingerprint density at radius 1 is 1.31 bits per heavy atom. The van der Waals surface area contributed by atoms with Gasteiger partial charge in [-0.05, 0) is 60.7 Å². The topological polar surface area (TPSA) is 64.6 Å². The zero-order valence-corrected chi connectivity index (χ0v) is 20.0. The lowest BCUT2D eigenvalue weighted by atomic mass is 9.70. The summed E-state index contributed by atoms with van der Waals surface area (Å²) in [7, 11) is 0. The standard InChI is InChI=1S/C22H28BrNO4S/c1-12(2)27-8-9-28-21(26)18-13(3)24-14-10-22(4,5)11-15(25)19(14)20(18)16-6-7-17(23)29-16/h6-7,12,20,24H,8-11H2,1-5H3/t20-/m1/s1. The van der Waals surface area contributed by atoms with Crippen molar-refractivity contribution in [3.05, 3.63) is 43.3 Å². The molecule has 3 rings (SSSR count). The van der Waals surface area contributed by atoms with Gasteiger partial charge in [-0.1, -0.05) is 13.8 Å². The van der Waals surface area contributed by atoms with Crippen LogP contribution in [-0.4, -0.2) is 31.1 Å². The van der Waals surface area contributed by atoms with E-state index in [1.54, 1.807) is 11.3 Å². The first-order valence-electron chi connectivity index (χ1n) is 9.87. The number of carbonyl (C=O) groups is 2. The molecule has 1 atom stereocenters. The van der Waals surface area contributed by atoms with Crippen LogP contribution in [0.2, 0.25) is 0 Å². The first-order valence-corrected chi connectivity index (χ1v) is 11.5. The summed E-state index contributed by atoms with van der Waals surface area (Å²) < 4.78 is 11.9. The number of dihydropyridines is 1. The van der Waals surface area contributed by atoms with Crippen molar-refractivity contribution in [1.82, 2.24) is 5.32 Å². The summed E-state index contributed by atoms with van der Waals surface area (Å²) in [4.78, 5) is 27.1. The Bertz CT molecular complexity index is 881. The van der Waals surface area contributed by atoms with E-state index in [-0.39, 0.29) is 23.9 Å². The number of thiophene rings is 1. The second kappa shape index (κ2) is 8.74. The second-order valence-corrected chi connectivity index (χ2v) is 11.1. The maximum Gasteiger partial charge on any atom is 0.336 e. The number of ketones is 1. The Labute approximate surface area is 184 Å². The van der Waals surface area contributed by atoms with Crippen molar-refractivity contribution >= 4 is 39.0 Å². The van der Waals surface area contributed by atoms with Gasteiger partial charge in [0.2, 0.25) is 0 Å². The molecule has 2 aliphatic rings. The van der Waals surface area contributed by atoms with Crippen molar-refractivity contribution in [3.63, 3.8) is 0 Å². The van der Waals surface area contributed by atoms with Crippen LogP contribution in [-0.2, 0) is 19.1 Å². The number of rotatable bonds is 6. The maximum absolute atomic E-state index is 13.1. The van der Waals surface area contributed by atoms with Crippen LogP contribution in [0.5, 0.6) is 0 Å². The van der Waals surface area contributed by atoms with Gasteiger partial charge in [0.15, 0.2) is 5.78 Å². The fraction of sp³-hybridized carbons (Fsp3) is 0.545. The molecular formula is C22H28BrNO4S. The van der Waals surface area contributed by atoms with E-state index in [0.717, 1.165) is 26.5 Å². The molecule has 7 heteroatoms. The normalized spacial score (nSPS) is 21.3. The average molecular weight is 482 g/mol. The molecule has 158 valence electrons. The number of hydrogen-bond donors (Lipinski definition) is 1. The predicted octanol–water partition coefficient (Wildman–Crippen LogP) is 5.08. The number of halogens is 1. The van der Waals surface area contributed by atoms with Crippen molar-refractivity contribution in [3.8, 4) is 0 Å². The molecule has 29 heavy (non-hydrogen) atoms. The molecule has 5 nitrogen and oxygen atoms in total. The molecule has 1 N–H and O–H groups in total. The Hall–Kier alpha value is -1.44. The van der Waals surface area contributed by atoms with Gasteiger partial charge in [0.1, 0.15) is 6.61 Å². The van der Waals surface area contributed by atoms with Crippen LogP contribution >= 0.6 is 27.3 Å². The van der Waals surface area contributed by atoms with E-state index in [2.05, 4.69) is 35.1 Å². The molecule has 0 saturated heterocycles. The van der Waals surface area contributed by atoms with Gasteiger partial charge < -0.3 is 14.8 Å². The third-order valence-corrected chi connectivity index (χ3v) is 6.79. The van der Waals surface area contributed by atoms with E-state index in [4.69, 9.17) is 9.47 Å². The molecule has 1 aromatic heterocycles. The molecule has 0 saturated carbocycles.